The quantitative estimate of drug-likeness (QED) is 0.815. The number of hydrogen-bond donors (Lipinski definition) is 1. The number of benzene rings is 1. The van der Waals surface area contributed by atoms with Gasteiger partial charge in [-0.2, -0.15) is 0 Å². The van der Waals surface area contributed by atoms with Crippen LogP contribution >= 0.6 is 0 Å². The maximum Gasteiger partial charge on any atom is 0.306 e. The van der Waals surface area contributed by atoms with E-state index >= 15 is 0 Å². The molecule has 0 aliphatic carbocycles. The van der Waals surface area contributed by atoms with E-state index in [4.69, 9.17) is 9.84 Å². The molecule has 1 aromatic heterocycles. The number of methoxy groups -OCH3 is 1. The van der Waals surface area contributed by atoms with Crippen LogP contribution in [-0.4, -0.2) is 44.5 Å². The summed E-state index contributed by atoms with van der Waals surface area (Å²) < 4.78 is 19.7. The van der Waals surface area contributed by atoms with Gasteiger partial charge in [0.1, 0.15) is 5.82 Å². The molecular formula is C13H15FN4O3. The number of aromatic nitrogens is 4. The van der Waals surface area contributed by atoms with E-state index < -0.39 is 12.1 Å². The molecule has 1 unspecified atom stereocenters. The van der Waals surface area contributed by atoms with Crippen molar-refractivity contribution < 1.29 is 19.0 Å². The summed E-state index contributed by atoms with van der Waals surface area (Å²) in [5.41, 5.74) is 0.734. The van der Waals surface area contributed by atoms with Gasteiger partial charge in [0.2, 0.25) is 0 Å². The molecule has 1 N–H and O–H groups in total. The first-order valence-corrected chi connectivity index (χ1v) is 6.32. The van der Waals surface area contributed by atoms with Crippen LogP contribution in [0, 0.1) is 5.82 Å². The number of carboxylic acid groups (broad SMARTS) is 1. The zero-order chi connectivity index (χ0) is 15.2. The van der Waals surface area contributed by atoms with Crippen LogP contribution in [0.3, 0.4) is 0 Å². The van der Waals surface area contributed by atoms with Gasteiger partial charge in [-0.1, -0.05) is 12.1 Å². The zero-order valence-corrected chi connectivity index (χ0v) is 11.4. The summed E-state index contributed by atoms with van der Waals surface area (Å²) in [5.74, 6) is -0.762. The van der Waals surface area contributed by atoms with Crippen molar-refractivity contribution in [1.29, 1.82) is 0 Å². The lowest BCUT2D eigenvalue weighted by Crippen LogP contribution is -2.24. The van der Waals surface area contributed by atoms with Gasteiger partial charge >= 0.3 is 5.97 Å². The smallest absolute Gasteiger partial charge is 0.306 e. The van der Waals surface area contributed by atoms with Crippen LogP contribution < -0.4 is 0 Å². The van der Waals surface area contributed by atoms with Crippen molar-refractivity contribution >= 4 is 5.97 Å². The van der Waals surface area contributed by atoms with Gasteiger partial charge in [0.15, 0.2) is 5.82 Å². The van der Waals surface area contributed by atoms with Gasteiger partial charge in [-0.15, -0.1) is 5.10 Å². The minimum atomic E-state index is -0.957. The molecular weight excluding hydrogens is 279 g/mol. The van der Waals surface area contributed by atoms with Crippen molar-refractivity contribution in [2.75, 3.05) is 7.11 Å². The fourth-order valence-corrected chi connectivity index (χ4v) is 1.93. The standard InChI is InChI=1S/C13H15FN4O3/c1-21-11(7-13(19)20)8-18-12(15-16-17-18)6-9-3-2-4-10(14)5-9/h2-5,11H,6-8H2,1H3,(H,19,20). The maximum absolute atomic E-state index is 13.2. The van der Waals surface area contributed by atoms with E-state index in [1.165, 1.54) is 23.9 Å². The molecule has 1 atom stereocenters. The predicted octanol–water partition coefficient (Wildman–Crippen LogP) is 0.893. The lowest BCUT2D eigenvalue weighted by molar-refractivity contribution is -0.140. The highest BCUT2D eigenvalue weighted by Crippen LogP contribution is 2.10. The molecule has 1 aromatic carbocycles. The highest BCUT2D eigenvalue weighted by Gasteiger charge is 2.16. The lowest BCUT2D eigenvalue weighted by Gasteiger charge is -2.13. The largest absolute Gasteiger partial charge is 0.481 e. The van der Waals surface area contributed by atoms with Crippen LogP contribution in [0.1, 0.15) is 17.8 Å². The van der Waals surface area contributed by atoms with Gasteiger partial charge in [-0.05, 0) is 28.1 Å². The third-order valence-electron chi connectivity index (χ3n) is 2.97. The van der Waals surface area contributed by atoms with Crippen molar-refractivity contribution in [2.45, 2.75) is 25.5 Å². The topological polar surface area (TPSA) is 90.1 Å². The molecule has 2 rings (SSSR count). The fourth-order valence-electron chi connectivity index (χ4n) is 1.93. The van der Waals surface area contributed by atoms with E-state index in [2.05, 4.69) is 15.5 Å². The minimum Gasteiger partial charge on any atom is -0.481 e. The van der Waals surface area contributed by atoms with Crippen LogP contribution in [0.15, 0.2) is 24.3 Å². The van der Waals surface area contributed by atoms with Crippen LogP contribution in [-0.2, 0) is 22.5 Å². The van der Waals surface area contributed by atoms with Crippen molar-refractivity contribution in [3.63, 3.8) is 0 Å². The number of hydrogen-bond acceptors (Lipinski definition) is 5. The molecule has 0 aliphatic heterocycles. The van der Waals surface area contributed by atoms with Crippen molar-refractivity contribution in [3.05, 3.63) is 41.5 Å². The number of halogens is 1. The number of carboxylic acids is 1. The molecule has 0 fully saturated rings. The Labute approximate surface area is 120 Å². The van der Waals surface area contributed by atoms with Crippen molar-refractivity contribution in [3.8, 4) is 0 Å². The Morgan fingerprint density at radius 1 is 1.52 bits per heavy atom. The second-order valence-electron chi connectivity index (χ2n) is 4.54. The molecule has 8 heteroatoms. The Hall–Kier alpha value is -2.35. The summed E-state index contributed by atoms with van der Waals surface area (Å²) in [7, 11) is 1.43. The average molecular weight is 294 g/mol. The van der Waals surface area contributed by atoms with Gasteiger partial charge in [0.25, 0.3) is 0 Å². The summed E-state index contributed by atoms with van der Waals surface area (Å²) in [5, 5.41) is 20.1. The Balaban J connectivity index is 2.09. The summed E-state index contributed by atoms with van der Waals surface area (Å²) in [6.07, 6.45) is -0.318. The summed E-state index contributed by atoms with van der Waals surface area (Å²) >= 11 is 0. The molecule has 0 saturated carbocycles. The van der Waals surface area contributed by atoms with Gasteiger partial charge in [-0.25, -0.2) is 9.07 Å². The number of carbonyl (C=O) groups is 1. The molecule has 0 aliphatic rings. The Kier molecular flexibility index (Phi) is 4.94. The summed E-state index contributed by atoms with van der Waals surface area (Å²) in [6.45, 7) is 0.223. The van der Waals surface area contributed by atoms with Gasteiger partial charge in [0.05, 0.1) is 19.1 Å². The molecule has 21 heavy (non-hydrogen) atoms. The first-order valence-electron chi connectivity index (χ1n) is 6.32. The Morgan fingerprint density at radius 2 is 2.33 bits per heavy atom. The second-order valence-corrected chi connectivity index (χ2v) is 4.54. The van der Waals surface area contributed by atoms with E-state index in [1.807, 2.05) is 0 Å². The molecule has 1 heterocycles. The van der Waals surface area contributed by atoms with Crippen LogP contribution in [0.5, 0.6) is 0 Å². The third kappa shape index (κ3) is 4.32. The van der Waals surface area contributed by atoms with E-state index in [9.17, 15) is 9.18 Å². The predicted molar refractivity (Wildman–Crippen MR) is 70.1 cm³/mol. The van der Waals surface area contributed by atoms with E-state index in [-0.39, 0.29) is 18.8 Å². The van der Waals surface area contributed by atoms with Crippen molar-refractivity contribution in [2.24, 2.45) is 0 Å². The summed E-state index contributed by atoms with van der Waals surface area (Å²) in [6, 6.07) is 6.15. The van der Waals surface area contributed by atoms with E-state index in [0.29, 0.717) is 12.2 Å². The second kappa shape index (κ2) is 6.89. The monoisotopic (exact) mass is 294 g/mol. The minimum absolute atomic E-state index is 0.143. The van der Waals surface area contributed by atoms with Gasteiger partial charge < -0.3 is 9.84 Å². The number of tetrazole rings is 1. The van der Waals surface area contributed by atoms with Crippen molar-refractivity contribution in [1.82, 2.24) is 20.2 Å². The third-order valence-corrected chi connectivity index (χ3v) is 2.97. The normalized spacial score (nSPS) is 12.3. The van der Waals surface area contributed by atoms with E-state index in [1.54, 1.807) is 12.1 Å². The Morgan fingerprint density at radius 3 is 3.00 bits per heavy atom. The van der Waals surface area contributed by atoms with Crippen LogP contribution in [0.25, 0.3) is 0 Å². The fraction of sp³-hybridized carbons (Fsp3) is 0.385. The Bertz CT molecular complexity index is 617. The molecule has 0 bridgehead atoms. The first kappa shape index (κ1) is 15.0. The molecule has 0 amide bonds. The molecule has 0 radical (unpaired) electrons. The highest BCUT2D eigenvalue weighted by atomic mass is 19.1. The molecule has 0 saturated heterocycles. The number of aliphatic carboxylic acids is 1. The van der Waals surface area contributed by atoms with Gasteiger partial charge in [0, 0.05) is 13.5 Å². The number of ether oxygens (including phenoxy) is 1. The SMILES string of the molecule is COC(CC(=O)O)Cn1nnnc1Cc1cccc(F)c1. The van der Waals surface area contributed by atoms with E-state index in [0.717, 1.165) is 5.56 Å². The molecule has 112 valence electrons. The lowest BCUT2D eigenvalue weighted by atomic mass is 10.1. The number of rotatable bonds is 7. The number of nitrogens with zero attached hydrogens (tertiary/aromatic N) is 4. The molecule has 7 nitrogen and oxygen atoms in total. The van der Waals surface area contributed by atoms with Crippen LogP contribution in [0.4, 0.5) is 4.39 Å². The zero-order valence-electron chi connectivity index (χ0n) is 11.4. The first-order chi connectivity index (χ1) is 10.1. The van der Waals surface area contributed by atoms with Crippen LogP contribution in [0.2, 0.25) is 0 Å². The molecule has 2 aromatic rings. The molecule has 0 spiro atoms. The summed E-state index contributed by atoms with van der Waals surface area (Å²) in [4.78, 5) is 10.7. The highest BCUT2D eigenvalue weighted by molar-refractivity contribution is 5.67. The average Bonchev–Trinajstić information content (AvgIpc) is 2.84. The van der Waals surface area contributed by atoms with Gasteiger partial charge in [-0.3, -0.25) is 4.79 Å². The maximum atomic E-state index is 13.2.